The molecule has 3 aliphatic rings. The van der Waals surface area contributed by atoms with Crippen molar-refractivity contribution in [2.75, 3.05) is 64.3 Å². The summed E-state index contributed by atoms with van der Waals surface area (Å²) < 4.78 is 50.4. The van der Waals surface area contributed by atoms with E-state index in [2.05, 4.69) is 53.4 Å². The van der Waals surface area contributed by atoms with E-state index in [0.717, 1.165) is 16.5 Å². The van der Waals surface area contributed by atoms with E-state index in [-0.39, 0.29) is 84.3 Å². The molecular weight excluding hydrogens is 1000 g/mol. The Labute approximate surface area is 440 Å². The van der Waals surface area contributed by atoms with Gasteiger partial charge in [0.2, 0.25) is 23.6 Å². The lowest BCUT2D eigenvalue weighted by Gasteiger charge is -2.35. The summed E-state index contributed by atoms with van der Waals surface area (Å²) >= 11 is 0. The second kappa shape index (κ2) is 24.9. The number of aromatic nitrogens is 3. The van der Waals surface area contributed by atoms with Gasteiger partial charge < -0.3 is 30.9 Å². The molecule has 0 radical (unpaired) electrons. The van der Waals surface area contributed by atoms with Crippen molar-refractivity contribution < 1.29 is 56.3 Å². The lowest BCUT2D eigenvalue weighted by Crippen LogP contribution is -2.54. The summed E-state index contributed by atoms with van der Waals surface area (Å²) in [7, 11) is 0. The van der Waals surface area contributed by atoms with Gasteiger partial charge in [0.25, 0.3) is 23.6 Å². The Hall–Kier alpha value is -8.49. The average Bonchev–Trinajstić information content (AvgIpc) is 3.95. The highest BCUT2D eigenvalue weighted by atomic mass is 19.4. The number of fused-ring (bicyclic) bond motifs is 2. The van der Waals surface area contributed by atoms with Crippen molar-refractivity contribution in [2.45, 2.75) is 70.6 Å². The number of piperidine rings is 1. The van der Waals surface area contributed by atoms with Crippen LogP contribution in [0.25, 0.3) is 5.65 Å². The Morgan fingerprint density at radius 2 is 1.52 bits per heavy atom. The van der Waals surface area contributed by atoms with Crippen LogP contribution in [0.5, 0.6) is 5.75 Å². The number of nitrogens with one attached hydrogen (secondary N) is 5. The molecule has 0 spiro atoms. The van der Waals surface area contributed by atoms with Gasteiger partial charge in [0.15, 0.2) is 12.3 Å². The largest absolute Gasteiger partial charge is 0.483 e. The number of nitrogens with zero attached hydrogens (tertiary/aromatic N) is 6. The fourth-order valence-electron chi connectivity index (χ4n) is 9.05. The standard InChI is InChI=1S/C54H56F3N11O9/c1-34-10-11-36(29-35(34)13-15-39-31-61-44-9-5-23-62-68(39)44)50(73)63-38-14-12-37(41(30-38)54(55,56)57)32-66-27-25-65(26-28-66)24-6-22-59-46(70)19-18-45(69)58-20-2-3-21-60-48(72)33-77-43-8-4-7-40-49(43)53(76)67(52(40)75)42-16-17-47(71)64-51(42)74/h4-5,7-12,14,23,29-31,42H,2-3,6,16-22,24-28,32-33H2,1H3,(H,58,69)(H,59,70)(H,60,72)(H,63,73)(H,64,71,74). The Balaban J connectivity index is 0.672. The van der Waals surface area contributed by atoms with Gasteiger partial charge in [-0.15, -0.1) is 0 Å². The van der Waals surface area contributed by atoms with Crippen LogP contribution in [0.2, 0.25) is 0 Å². The summed E-state index contributed by atoms with van der Waals surface area (Å²) in [5.41, 5.74) is 2.04. The fraction of sp³-hybridized carbons (Fsp3) is 0.370. The van der Waals surface area contributed by atoms with E-state index >= 15 is 0 Å². The van der Waals surface area contributed by atoms with E-state index in [1.165, 1.54) is 30.3 Å². The molecular formula is C54H56F3N11O9. The van der Waals surface area contributed by atoms with Gasteiger partial charge in [-0.3, -0.25) is 53.5 Å². The molecule has 5 heterocycles. The zero-order valence-corrected chi connectivity index (χ0v) is 42.1. The number of alkyl halides is 3. The quantitative estimate of drug-likeness (QED) is 0.0426. The summed E-state index contributed by atoms with van der Waals surface area (Å²) in [4.78, 5) is 110. The molecule has 2 aromatic heterocycles. The summed E-state index contributed by atoms with van der Waals surface area (Å²) in [6.07, 6.45) is 0.230. The monoisotopic (exact) mass is 1060 g/mol. The minimum absolute atomic E-state index is 0.00101. The highest BCUT2D eigenvalue weighted by Crippen LogP contribution is 2.36. The molecule has 3 aliphatic heterocycles. The summed E-state index contributed by atoms with van der Waals surface area (Å²) in [6.45, 7) is 5.45. The third-order valence-electron chi connectivity index (χ3n) is 13.2. The van der Waals surface area contributed by atoms with Crippen molar-refractivity contribution in [1.29, 1.82) is 0 Å². The number of anilines is 1. The number of amides is 8. The van der Waals surface area contributed by atoms with Gasteiger partial charge in [-0.1, -0.05) is 24.1 Å². The van der Waals surface area contributed by atoms with Crippen LogP contribution in [0.4, 0.5) is 18.9 Å². The van der Waals surface area contributed by atoms with E-state index in [1.807, 2.05) is 11.8 Å². The molecule has 0 aliphatic carbocycles. The number of imidazole rings is 1. The molecule has 23 heteroatoms. The molecule has 3 aromatic carbocycles. The van der Waals surface area contributed by atoms with Gasteiger partial charge in [-0.05, 0) is 105 Å². The van der Waals surface area contributed by atoms with Crippen molar-refractivity contribution in [3.8, 4) is 17.6 Å². The van der Waals surface area contributed by atoms with Crippen LogP contribution in [0.3, 0.4) is 0 Å². The van der Waals surface area contributed by atoms with E-state index in [4.69, 9.17) is 4.74 Å². The minimum Gasteiger partial charge on any atom is -0.483 e. The van der Waals surface area contributed by atoms with Crippen molar-refractivity contribution in [2.24, 2.45) is 0 Å². The lowest BCUT2D eigenvalue weighted by atomic mass is 10.0. The van der Waals surface area contributed by atoms with Crippen LogP contribution < -0.4 is 31.3 Å². The first-order valence-electron chi connectivity index (χ1n) is 25.2. The molecule has 77 heavy (non-hydrogen) atoms. The maximum Gasteiger partial charge on any atom is 0.416 e. The third-order valence-corrected chi connectivity index (χ3v) is 13.2. The molecule has 402 valence electrons. The van der Waals surface area contributed by atoms with Crippen molar-refractivity contribution in [3.05, 3.63) is 124 Å². The van der Waals surface area contributed by atoms with Crippen molar-refractivity contribution >= 4 is 58.6 Å². The smallest absolute Gasteiger partial charge is 0.416 e. The number of hydrogen-bond acceptors (Lipinski definition) is 13. The van der Waals surface area contributed by atoms with Crippen LogP contribution in [0, 0.1) is 18.8 Å². The topological polar surface area (TPSA) is 246 Å². The zero-order valence-electron chi connectivity index (χ0n) is 42.1. The molecule has 0 bridgehead atoms. The Kier molecular flexibility index (Phi) is 17.7. The van der Waals surface area contributed by atoms with Crippen molar-refractivity contribution in [3.63, 3.8) is 0 Å². The maximum atomic E-state index is 14.4. The van der Waals surface area contributed by atoms with Gasteiger partial charge in [-0.2, -0.15) is 18.3 Å². The first-order valence-corrected chi connectivity index (χ1v) is 25.2. The zero-order chi connectivity index (χ0) is 54.6. The molecule has 5 N–H and O–H groups in total. The van der Waals surface area contributed by atoms with Crippen molar-refractivity contribution in [1.82, 2.24) is 50.6 Å². The molecule has 5 aromatic rings. The second-order valence-corrected chi connectivity index (χ2v) is 18.7. The van der Waals surface area contributed by atoms with Gasteiger partial charge >= 0.3 is 6.18 Å². The minimum atomic E-state index is -4.66. The van der Waals surface area contributed by atoms with Gasteiger partial charge in [-0.25, -0.2) is 9.50 Å². The number of rotatable bonds is 20. The van der Waals surface area contributed by atoms with E-state index < -0.39 is 59.8 Å². The number of unbranched alkanes of at least 4 members (excludes halogenated alkanes) is 1. The number of aryl methyl sites for hydroxylation is 1. The first-order chi connectivity index (χ1) is 37.0. The number of benzene rings is 3. The summed E-state index contributed by atoms with van der Waals surface area (Å²) in [5, 5.41) is 17.3. The predicted octanol–water partition coefficient (Wildman–Crippen LogP) is 3.61. The average molecular weight is 1060 g/mol. The summed E-state index contributed by atoms with van der Waals surface area (Å²) in [6, 6.07) is 15.5. The fourth-order valence-corrected chi connectivity index (χ4v) is 9.05. The molecule has 1 unspecified atom stereocenters. The molecule has 8 amide bonds. The number of ether oxygens (including phenoxy) is 1. The number of hydrogen-bond donors (Lipinski definition) is 5. The number of carbonyl (C=O) groups is 8. The van der Waals surface area contributed by atoms with Gasteiger partial charge in [0.05, 0.1) is 22.9 Å². The molecule has 8 rings (SSSR count). The van der Waals surface area contributed by atoms with Gasteiger partial charge in [0, 0.05) is 94.6 Å². The van der Waals surface area contributed by atoms with Crippen LogP contribution in [-0.4, -0.2) is 142 Å². The molecule has 0 saturated carbocycles. The Bertz CT molecular complexity index is 3160. The Morgan fingerprint density at radius 3 is 2.25 bits per heavy atom. The second-order valence-electron chi connectivity index (χ2n) is 18.7. The SMILES string of the molecule is Cc1ccc(C(=O)Nc2ccc(CN3CCN(CCCNC(=O)CCC(=O)NCCCCNC(=O)COc4cccc5c4C(=O)N(C4CCC(=O)NC4=O)C5=O)CC3)c(C(F)(F)F)c2)cc1C#Cc1cnc2cccnn12. The first kappa shape index (κ1) is 54.8. The lowest BCUT2D eigenvalue weighted by molar-refractivity contribution is -0.139. The highest BCUT2D eigenvalue weighted by Gasteiger charge is 2.46. The molecule has 2 saturated heterocycles. The number of carbonyl (C=O) groups excluding carboxylic acids is 8. The van der Waals surface area contributed by atoms with Crippen LogP contribution in [-0.2, 0) is 36.7 Å². The molecule has 1 atom stereocenters. The van der Waals surface area contributed by atoms with Crippen LogP contribution >= 0.6 is 0 Å². The third kappa shape index (κ3) is 14.1. The molecule has 20 nitrogen and oxygen atoms in total. The number of imide groups is 2. The van der Waals surface area contributed by atoms with E-state index in [1.54, 1.807) is 47.2 Å². The predicted molar refractivity (Wildman–Crippen MR) is 272 cm³/mol. The molecule has 2 fully saturated rings. The highest BCUT2D eigenvalue weighted by molar-refractivity contribution is 6.24. The van der Waals surface area contributed by atoms with Crippen LogP contribution in [0.15, 0.2) is 79.1 Å². The maximum absolute atomic E-state index is 14.4. The Morgan fingerprint density at radius 1 is 0.805 bits per heavy atom. The van der Waals surface area contributed by atoms with E-state index in [9.17, 15) is 51.5 Å². The van der Waals surface area contributed by atoms with Crippen LogP contribution in [0.1, 0.15) is 104 Å². The normalized spacial score (nSPS) is 15.8. The van der Waals surface area contributed by atoms with Gasteiger partial charge in [0.1, 0.15) is 17.5 Å². The summed E-state index contributed by atoms with van der Waals surface area (Å²) in [5.74, 6) is 1.79. The van der Waals surface area contributed by atoms with E-state index in [0.29, 0.717) is 82.0 Å². The number of piperazine rings is 1. The number of halogens is 3.